The van der Waals surface area contributed by atoms with Crippen LogP contribution in [0.3, 0.4) is 0 Å². The van der Waals surface area contributed by atoms with Gasteiger partial charge >= 0.3 is 0 Å². The molecule has 0 saturated carbocycles. The predicted molar refractivity (Wildman–Crippen MR) is 55.7 cm³/mol. The monoisotopic (exact) mass is 192 g/mol. The quantitative estimate of drug-likeness (QED) is 0.540. The summed E-state index contributed by atoms with van der Waals surface area (Å²) in [5.74, 6) is 0.562. The second-order valence-electron chi connectivity index (χ2n) is 2.67. The molecule has 0 aliphatic rings. The van der Waals surface area contributed by atoms with Crippen molar-refractivity contribution in [3.8, 4) is 5.75 Å². The zero-order chi connectivity index (χ0) is 10.6. The highest BCUT2D eigenvalue weighted by Crippen LogP contribution is 2.19. The van der Waals surface area contributed by atoms with Crippen molar-refractivity contribution in [1.29, 1.82) is 0 Å². The molecule has 4 heteroatoms. The Hall–Kier alpha value is -1.84. The number of carbonyl (C=O) groups excluding carboxylic acids is 1. The molecule has 1 rings (SSSR count). The van der Waals surface area contributed by atoms with Gasteiger partial charge in [0, 0.05) is 13.6 Å². The summed E-state index contributed by atoms with van der Waals surface area (Å²) in [6, 6.07) is 7.01. The van der Waals surface area contributed by atoms with Gasteiger partial charge in [0.25, 0.3) is 0 Å². The highest BCUT2D eigenvalue weighted by molar-refractivity contribution is 5.91. The standard InChI is InChI=1S/C10H12N2O2/c1-8(13)12(11-2)9-4-6-10(14-3)7-5-9/h4-7H,2H2,1,3H3. The van der Waals surface area contributed by atoms with Crippen molar-refractivity contribution in [2.24, 2.45) is 5.10 Å². The number of carbonyl (C=O) groups is 1. The van der Waals surface area contributed by atoms with Gasteiger partial charge in [0.05, 0.1) is 12.8 Å². The molecule has 1 amide bonds. The van der Waals surface area contributed by atoms with E-state index in [-0.39, 0.29) is 5.91 Å². The smallest absolute Gasteiger partial charge is 0.244 e. The van der Waals surface area contributed by atoms with Gasteiger partial charge in [-0.05, 0) is 24.3 Å². The fourth-order valence-corrected chi connectivity index (χ4v) is 1.09. The molecule has 0 heterocycles. The summed E-state index contributed by atoms with van der Waals surface area (Å²) < 4.78 is 4.99. The fourth-order valence-electron chi connectivity index (χ4n) is 1.09. The van der Waals surface area contributed by atoms with Crippen LogP contribution in [0.15, 0.2) is 29.4 Å². The van der Waals surface area contributed by atoms with Crippen molar-refractivity contribution in [2.45, 2.75) is 6.92 Å². The van der Waals surface area contributed by atoms with Gasteiger partial charge in [0.15, 0.2) is 0 Å². The Kier molecular flexibility index (Phi) is 3.23. The number of anilines is 1. The molecule has 0 aliphatic carbocycles. The molecule has 1 aromatic carbocycles. The molecule has 0 aromatic heterocycles. The first kappa shape index (κ1) is 10.2. The van der Waals surface area contributed by atoms with Crippen LogP contribution in [0.4, 0.5) is 5.69 Å². The van der Waals surface area contributed by atoms with Crippen molar-refractivity contribution in [2.75, 3.05) is 12.1 Å². The predicted octanol–water partition coefficient (Wildman–Crippen LogP) is 1.66. The lowest BCUT2D eigenvalue weighted by molar-refractivity contribution is -0.116. The lowest BCUT2D eigenvalue weighted by atomic mass is 10.3. The van der Waals surface area contributed by atoms with Crippen molar-refractivity contribution in [1.82, 2.24) is 0 Å². The van der Waals surface area contributed by atoms with E-state index in [1.54, 1.807) is 31.4 Å². The Balaban J connectivity index is 2.94. The van der Waals surface area contributed by atoms with Crippen LogP contribution in [0.25, 0.3) is 0 Å². The Morgan fingerprint density at radius 2 is 2.00 bits per heavy atom. The number of hydrogen-bond donors (Lipinski definition) is 0. The Bertz CT molecular complexity index is 332. The molecule has 14 heavy (non-hydrogen) atoms. The largest absolute Gasteiger partial charge is 0.497 e. The SMILES string of the molecule is C=NN(C(C)=O)c1ccc(OC)cc1. The third kappa shape index (κ3) is 2.10. The van der Waals surface area contributed by atoms with Crippen LogP contribution in [-0.2, 0) is 4.79 Å². The normalized spacial score (nSPS) is 9.29. The minimum Gasteiger partial charge on any atom is -0.497 e. The minimum atomic E-state index is -0.176. The van der Waals surface area contributed by atoms with Crippen LogP contribution in [0.1, 0.15) is 6.92 Å². The summed E-state index contributed by atoms with van der Waals surface area (Å²) in [6.45, 7) is 4.75. The molecule has 0 aliphatic heterocycles. The van der Waals surface area contributed by atoms with Crippen LogP contribution in [0.2, 0.25) is 0 Å². The lowest BCUT2D eigenvalue weighted by Crippen LogP contribution is -2.21. The maximum atomic E-state index is 11.1. The number of benzene rings is 1. The average molecular weight is 192 g/mol. The number of methoxy groups -OCH3 is 1. The third-order valence-electron chi connectivity index (χ3n) is 1.76. The van der Waals surface area contributed by atoms with E-state index >= 15 is 0 Å². The van der Waals surface area contributed by atoms with Gasteiger partial charge in [-0.3, -0.25) is 4.79 Å². The molecular weight excluding hydrogens is 180 g/mol. The highest BCUT2D eigenvalue weighted by atomic mass is 16.5. The zero-order valence-electron chi connectivity index (χ0n) is 8.23. The highest BCUT2D eigenvalue weighted by Gasteiger charge is 2.08. The van der Waals surface area contributed by atoms with E-state index in [0.717, 1.165) is 5.75 Å². The van der Waals surface area contributed by atoms with Crippen molar-refractivity contribution < 1.29 is 9.53 Å². The van der Waals surface area contributed by atoms with Gasteiger partial charge in [0.1, 0.15) is 5.75 Å². The molecule has 0 bridgehead atoms. The second kappa shape index (κ2) is 4.41. The van der Waals surface area contributed by atoms with E-state index in [1.165, 1.54) is 11.9 Å². The van der Waals surface area contributed by atoms with E-state index in [1.807, 2.05) is 0 Å². The Labute approximate surface area is 82.8 Å². The summed E-state index contributed by atoms with van der Waals surface area (Å²) in [5.41, 5.74) is 0.674. The number of ether oxygens (including phenoxy) is 1. The number of amides is 1. The Morgan fingerprint density at radius 1 is 1.43 bits per heavy atom. The first-order chi connectivity index (χ1) is 6.69. The van der Waals surface area contributed by atoms with Crippen LogP contribution >= 0.6 is 0 Å². The van der Waals surface area contributed by atoms with Gasteiger partial charge < -0.3 is 4.74 Å². The number of hydrogen-bond acceptors (Lipinski definition) is 3. The van der Waals surface area contributed by atoms with Crippen LogP contribution in [-0.4, -0.2) is 19.7 Å². The summed E-state index contributed by atoms with van der Waals surface area (Å²) in [5, 5.41) is 4.83. The van der Waals surface area contributed by atoms with E-state index in [4.69, 9.17) is 4.74 Å². The maximum Gasteiger partial charge on any atom is 0.244 e. The summed E-state index contributed by atoms with van der Waals surface area (Å²) in [6.07, 6.45) is 0. The molecule has 0 spiro atoms. The second-order valence-corrected chi connectivity index (χ2v) is 2.67. The molecule has 0 radical (unpaired) electrons. The zero-order valence-corrected chi connectivity index (χ0v) is 8.23. The molecule has 4 nitrogen and oxygen atoms in total. The van der Waals surface area contributed by atoms with Crippen LogP contribution < -0.4 is 9.75 Å². The molecule has 0 fully saturated rings. The summed E-state index contributed by atoms with van der Waals surface area (Å²) in [4.78, 5) is 11.1. The third-order valence-corrected chi connectivity index (χ3v) is 1.76. The topological polar surface area (TPSA) is 41.9 Å². The first-order valence-corrected chi connectivity index (χ1v) is 4.10. The number of rotatable bonds is 3. The van der Waals surface area contributed by atoms with E-state index in [2.05, 4.69) is 11.8 Å². The lowest BCUT2D eigenvalue weighted by Gasteiger charge is -2.14. The summed E-state index contributed by atoms with van der Waals surface area (Å²) >= 11 is 0. The summed E-state index contributed by atoms with van der Waals surface area (Å²) in [7, 11) is 1.59. The van der Waals surface area contributed by atoms with E-state index < -0.39 is 0 Å². The molecule has 0 saturated heterocycles. The fraction of sp³-hybridized carbons (Fsp3) is 0.200. The van der Waals surface area contributed by atoms with Crippen LogP contribution in [0, 0.1) is 0 Å². The van der Waals surface area contributed by atoms with Crippen LogP contribution in [0.5, 0.6) is 5.75 Å². The van der Waals surface area contributed by atoms with Gasteiger partial charge in [-0.15, -0.1) is 0 Å². The molecule has 1 aromatic rings. The van der Waals surface area contributed by atoms with E-state index in [0.29, 0.717) is 5.69 Å². The van der Waals surface area contributed by atoms with Gasteiger partial charge in [-0.2, -0.15) is 5.10 Å². The maximum absolute atomic E-state index is 11.1. The van der Waals surface area contributed by atoms with Crippen molar-refractivity contribution in [3.05, 3.63) is 24.3 Å². The average Bonchev–Trinajstić information content (AvgIpc) is 2.19. The molecule has 74 valence electrons. The van der Waals surface area contributed by atoms with Crippen molar-refractivity contribution >= 4 is 18.3 Å². The van der Waals surface area contributed by atoms with Gasteiger partial charge in [-0.25, -0.2) is 5.01 Å². The number of hydrazone groups is 1. The minimum absolute atomic E-state index is 0.176. The number of nitrogens with zero attached hydrogens (tertiary/aromatic N) is 2. The molecule has 0 N–H and O–H groups in total. The first-order valence-electron chi connectivity index (χ1n) is 4.10. The molecule has 0 unspecified atom stereocenters. The molecular formula is C10H12N2O2. The van der Waals surface area contributed by atoms with Crippen molar-refractivity contribution in [3.63, 3.8) is 0 Å². The van der Waals surface area contributed by atoms with Gasteiger partial charge in [-0.1, -0.05) is 0 Å². The Morgan fingerprint density at radius 3 is 2.36 bits per heavy atom. The van der Waals surface area contributed by atoms with E-state index in [9.17, 15) is 4.79 Å². The molecule has 0 atom stereocenters. The van der Waals surface area contributed by atoms with Gasteiger partial charge in [0.2, 0.25) is 5.91 Å².